The molecule has 1 aliphatic rings. The molecule has 2 aromatic rings. The summed E-state index contributed by atoms with van der Waals surface area (Å²) in [6, 6.07) is 14.6. The van der Waals surface area contributed by atoms with E-state index in [0.717, 1.165) is 31.2 Å². The maximum Gasteiger partial charge on any atom is 0.241 e. The summed E-state index contributed by atoms with van der Waals surface area (Å²) in [6.45, 7) is 0. The van der Waals surface area contributed by atoms with E-state index in [1.165, 1.54) is 37.1 Å². The molecule has 0 spiro atoms. The van der Waals surface area contributed by atoms with E-state index in [1.54, 1.807) is 0 Å². The zero-order chi connectivity index (χ0) is 20.7. The lowest BCUT2D eigenvalue weighted by molar-refractivity contribution is -0.123. The van der Waals surface area contributed by atoms with Crippen LogP contribution in [0.25, 0.3) is 0 Å². The van der Waals surface area contributed by atoms with Crippen LogP contribution in [-0.2, 0) is 21.2 Å². The van der Waals surface area contributed by atoms with Crippen LogP contribution in [0.1, 0.15) is 44.1 Å². The Bertz CT molecular complexity index is 893. The number of halogens is 1. The topological polar surface area (TPSA) is 75.3 Å². The summed E-state index contributed by atoms with van der Waals surface area (Å²) in [4.78, 5) is 13.1. The van der Waals surface area contributed by atoms with Crippen molar-refractivity contribution in [1.82, 2.24) is 10.0 Å². The third-order valence-corrected chi connectivity index (χ3v) is 6.96. The van der Waals surface area contributed by atoms with Gasteiger partial charge in [0.1, 0.15) is 6.04 Å². The Hall–Kier alpha value is -1.89. The van der Waals surface area contributed by atoms with Gasteiger partial charge in [-0.15, -0.1) is 0 Å². The Morgan fingerprint density at radius 2 is 1.59 bits per heavy atom. The molecule has 0 aromatic heterocycles. The quantitative estimate of drug-likeness (QED) is 0.645. The highest BCUT2D eigenvalue weighted by molar-refractivity contribution is 7.89. The Kier molecular flexibility index (Phi) is 7.70. The number of sulfonamides is 1. The lowest BCUT2D eigenvalue weighted by Crippen LogP contribution is -2.50. The third-order valence-electron chi connectivity index (χ3n) is 5.22. The van der Waals surface area contributed by atoms with Gasteiger partial charge in [-0.05, 0) is 49.1 Å². The van der Waals surface area contributed by atoms with E-state index in [9.17, 15) is 13.2 Å². The molecule has 7 heteroatoms. The van der Waals surface area contributed by atoms with E-state index in [0.29, 0.717) is 5.02 Å². The van der Waals surface area contributed by atoms with Crippen LogP contribution in [0.15, 0.2) is 59.5 Å². The maximum absolute atomic E-state index is 13.0. The minimum absolute atomic E-state index is 0.0854. The van der Waals surface area contributed by atoms with Gasteiger partial charge in [0.05, 0.1) is 4.90 Å². The molecule has 1 aliphatic carbocycles. The molecule has 1 fully saturated rings. The van der Waals surface area contributed by atoms with E-state index in [2.05, 4.69) is 10.0 Å². The summed E-state index contributed by atoms with van der Waals surface area (Å²) in [7, 11) is -3.86. The molecule has 1 atom stereocenters. The first-order chi connectivity index (χ1) is 13.9. The second kappa shape index (κ2) is 10.2. The standard InChI is InChI=1S/C22H27ClN2O3S/c23-18-12-14-20(15-13-18)29(27,28)25-21(16-17-8-4-3-5-9-17)22(26)24-19-10-6-1-2-7-11-19/h3-5,8-9,12-15,19,21,25H,1-2,6-7,10-11,16H2,(H,24,26). The number of rotatable bonds is 7. The van der Waals surface area contributed by atoms with Gasteiger partial charge in [0.25, 0.3) is 0 Å². The predicted molar refractivity (Wildman–Crippen MR) is 115 cm³/mol. The molecule has 0 radical (unpaired) electrons. The molecule has 2 aromatic carbocycles. The zero-order valence-electron chi connectivity index (χ0n) is 16.3. The second-order valence-electron chi connectivity index (χ2n) is 7.51. The first-order valence-corrected chi connectivity index (χ1v) is 11.9. The predicted octanol–water partition coefficient (Wildman–Crippen LogP) is 4.07. The van der Waals surface area contributed by atoms with Gasteiger partial charge in [0, 0.05) is 11.1 Å². The molecule has 0 bridgehead atoms. The summed E-state index contributed by atoms with van der Waals surface area (Å²) in [6.07, 6.45) is 6.70. The van der Waals surface area contributed by atoms with Gasteiger partial charge in [0.15, 0.2) is 0 Å². The van der Waals surface area contributed by atoms with Crippen LogP contribution in [-0.4, -0.2) is 26.4 Å². The van der Waals surface area contributed by atoms with E-state index in [-0.39, 0.29) is 23.3 Å². The fourth-order valence-electron chi connectivity index (χ4n) is 3.63. The number of hydrogen-bond acceptors (Lipinski definition) is 3. The average molecular weight is 435 g/mol. The van der Waals surface area contributed by atoms with Crippen molar-refractivity contribution in [3.8, 4) is 0 Å². The number of hydrogen-bond donors (Lipinski definition) is 2. The van der Waals surface area contributed by atoms with Crippen LogP contribution in [0.3, 0.4) is 0 Å². The molecule has 29 heavy (non-hydrogen) atoms. The minimum atomic E-state index is -3.86. The molecule has 1 unspecified atom stereocenters. The monoisotopic (exact) mass is 434 g/mol. The number of amides is 1. The Morgan fingerprint density at radius 1 is 0.966 bits per heavy atom. The van der Waals surface area contributed by atoms with E-state index < -0.39 is 16.1 Å². The van der Waals surface area contributed by atoms with Crippen molar-refractivity contribution < 1.29 is 13.2 Å². The van der Waals surface area contributed by atoms with Crippen LogP contribution in [0.4, 0.5) is 0 Å². The summed E-state index contributed by atoms with van der Waals surface area (Å²) >= 11 is 5.87. The molecule has 1 saturated carbocycles. The van der Waals surface area contributed by atoms with Crippen LogP contribution < -0.4 is 10.0 Å². The fourth-order valence-corrected chi connectivity index (χ4v) is 4.95. The van der Waals surface area contributed by atoms with Crippen LogP contribution in [0.5, 0.6) is 0 Å². The van der Waals surface area contributed by atoms with Crippen molar-refractivity contribution in [3.05, 3.63) is 65.2 Å². The fraction of sp³-hybridized carbons (Fsp3) is 0.409. The van der Waals surface area contributed by atoms with Gasteiger partial charge in [-0.1, -0.05) is 67.6 Å². The number of benzene rings is 2. The van der Waals surface area contributed by atoms with Crippen LogP contribution >= 0.6 is 11.6 Å². The molecule has 5 nitrogen and oxygen atoms in total. The largest absolute Gasteiger partial charge is 0.352 e. The molecule has 156 valence electrons. The van der Waals surface area contributed by atoms with Crippen molar-refractivity contribution in [2.24, 2.45) is 0 Å². The van der Waals surface area contributed by atoms with Crippen molar-refractivity contribution in [2.75, 3.05) is 0 Å². The van der Waals surface area contributed by atoms with E-state index in [4.69, 9.17) is 11.6 Å². The molecule has 0 aliphatic heterocycles. The first-order valence-electron chi connectivity index (χ1n) is 10.1. The normalized spacial score (nSPS) is 16.7. The molecule has 1 amide bonds. The van der Waals surface area contributed by atoms with Crippen molar-refractivity contribution in [1.29, 1.82) is 0 Å². The highest BCUT2D eigenvalue weighted by atomic mass is 35.5. The Labute approximate surface area is 177 Å². The summed E-state index contributed by atoms with van der Waals surface area (Å²) in [5.74, 6) is -0.279. The van der Waals surface area contributed by atoms with Gasteiger partial charge in [-0.25, -0.2) is 8.42 Å². The van der Waals surface area contributed by atoms with Crippen LogP contribution in [0.2, 0.25) is 5.02 Å². The Balaban J connectivity index is 1.78. The lowest BCUT2D eigenvalue weighted by Gasteiger charge is -2.23. The lowest BCUT2D eigenvalue weighted by atomic mass is 10.0. The van der Waals surface area contributed by atoms with Crippen molar-refractivity contribution in [3.63, 3.8) is 0 Å². The molecule has 0 heterocycles. The van der Waals surface area contributed by atoms with Gasteiger partial charge in [-0.3, -0.25) is 4.79 Å². The number of carbonyl (C=O) groups is 1. The average Bonchev–Trinajstić information content (AvgIpc) is 2.97. The van der Waals surface area contributed by atoms with Gasteiger partial charge in [0.2, 0.25) is 15.9 Å². The highest BCUT2D eigenvalue weighted by Crippen LogP contribution is 2.18. The van der Waals surface area contributed by atoms with Gasteiger partial charge >= 0.3 is 0 Å². The van der Waals surface area contributed by atoms with Crippen molar-refractivity contribution in [2.45, 2.75) is 61.9 Å². The summed E-state index contributed by atoms with van der Waals surface area (Å²) in [5, 5.41) is 3.53. The van der Waals surface area contributed by atoms with E-state index in [1.807, 2.05) is 30.3 Å². The minimum Gasteiger partial charge on any atom is -0.352 e. The zero-order valence-corrected chi connectivity index (χ0v) is 17.9. The Morgan fingerprint density at radius 3 is 2.21 bits per heavy atom. The second-order valence-corrected chi connectivity index (χ2v) is 9.67. The smallest absolute Gasteiger partial charge is 0.241 e. The van der Waals surface area contributed by atoms with Crippen LogP contribution in [0, 0.1) is 0 Å². The highest BCUT2D eigenvalue weighted by Gasteiger charge is 2.27. The molecular formula is C22H27ClN2O3S. The summed E-state index contributed by atoms with van der Waals surface area (Å²) < 4.78 is 28.3. The molecule has 2 N–H and O–H groups in total. The molecule has 3 rings (SSSR count). The van der Waals surface area contributed by atoms with Crippen molar-refractivity contribution >= 4 is 27.5 Å². The molecular weight excluding hydrogens is 408 g/mol. The SMILES string of the molecule is O=C(NC1CCCCCC1)C(Cc1ccccc1)NS(=O)(=O)c1ccc(Cl)cc1. The summed E-state index contributed by atoms with van der Waals surface area (Å²) in [5.41, 5.74) is 0.896. The molecule has 0 saturated heterocycles. The van der Waals surface area contributed by atoms with E-state index >= 15 is 0 Å². The van der Waals surface area contributed by atoms with Gasteiger partial charge in [-0.2, -0.15) is 4.72 Å². The van der Waals surface area contributed by atoms with Gasteiger partial charge < -0.3 is 5.32 Å². The maximum atomic E-state index is 13.0. The number of carbonyl (C=O) groups excluding carboxylic acids is 1. The first kappa shape index (κ1) is 21.8. The number of nitrogens with one attached hydrogen (secondary N) is 2. The third kappa shape index (κ3) is 6.56.